The van der Waals surface area contributed by atoms with Gasteiger partial charge in [-0.3, -0.25) is 9.69 Å². The first-order valence-electron chi connectivity index (χ1n) is 12.5. The molecule has 1 aromatic heterocycles. The molecule has 5 rings (SSSR count). The summed E-state index contributed by atoms with van der Waals surface area (Å²) in [4.78, 5) is 17.5. The second kappa shape index (κ2) is 10.0. The molecular formula is C28H34N4O2. The summed E-state index contributed by atoms with van der Waals surface area (Å²) in [5.41, 5.74) is 5.95. The fourth-order valence-corrected chi connectivity index (χ4v) is 5.02. The number of hydrogen-bond donors (Lipinski definition) is 0. The maximum atomic E-state index is 13.0. The smallest absolute Gasteiger partial charge is 0.226 e. The van der Waals surface area contributed by atoms with Crippen molar-refractivity contribution in [3.63, 3.8) is 0 Å². The highest BCUT2D eigenvalue weighted by molar-refractivity contribution is 5.79. The molecule has 1 saturated carbocycles. The van der Waals surface area contributed by atoms with Gasteiger partial charge in [0.1, 0.15) is 5.75 Å². The van der Waals surface area contributed by atoms with Crippen LogP contribution in [0.2, 0.25) is 0 Å². The summed E-state index contributed by atoms with van der Waals surface area (Å²) in [5.74, 6) is 1.38. The summed E-state index contributed by atoms with van der Waals surface area (Å²) in [6.07, 6.45) is 4.17. The molecule has 0 spiro atoms. The number of carbonyl (C=O) groups is 1. The van der Waals surface area contributed by atoms with Gasteiger partial charge in [-0.2, -0.15) is 5.10 Å². The van der Waals surface area contributed by atoms with E-state index in [1.807, 2.05) is 23.1 Å². The number of nitrogens with zero attached hydrogens (tertiary/aromatic N) is 4. The zero-order chi connectivity index (χ0) is 23.5. The van der Waals surface area contributed by atoms with Gasteiger partial charge in [0.2, 0.25) is 5.91 Å². The number of fused-ring (bicyclic) bond motifs is 1. The molecule has 34 heavy (non-hydrogen) atoms. The quantitative estimate of drug-likeness (QED) is 0.496. The molecule has 0 N–H and O–H groups in total. The first-order valence-corrected chi connectivity index (χ1v) is 12.5. The molecule has 2 aromatic carbocycles. The van der Waals surface area contributed by atoms with Crippen molar-refractivity contribution in [2.75, 3.05) is 20.2 Å². The number of benzene rings is 2. The Morgan fingerprint density at radius 1 is 1.12 bits per heavy atom. The van der Waals surface area contributed by atoms with Crippen LogP contribution in [-0.4, -0.2) is 45.7 Å². The highest BCUT2D eigenvalue weighted by atomic mass is 16.5. The molecule has 1 aliphatic carbocycles. The highest BCUT2D eigenvalue weighted by Crippen LogP contribution is 2.31. The highest BCUT2D eigenvalue weighted by Gasteiger charge is 2.31. The molecule has 0 unspecified atom stereocenters. The molecule has 6 heteroatoms. The summed E-state index contributed by atoms with van der Waals surface area (Å²) < 4.78 is 7.41. The van der Waals surface area contributed by atoms with Crippen LogP contribution in [0.1, 0.15) is 48.7 Å². The van der Waals surface area contributed by atoms with Crippen molar-refractivity contribution in [2.24, 2.45) is 5.92 Å². The Morgan fingerprint density at radius 2 is 1.88 bits per heavy atom. The molecule has 2 heterocycles. The normalized spacial score (nSPS) is 16.1. The van der Waals surface area contributed by atoms with Crippen molar-refractivity contribution >= 4 is 5.91 Å². The van der Waals surface area contributed by atoms with Crippen LogP contribution >= 0.6 is 0 Å². The van der Waals surface area contributed by atoms with Gasteiger partial charge >= 0.3 is 0 Å². The van der Waals surface area contributed by atoms with Crippen molar-refractivity contribution in [3.05, 3.63) is 77.1 Å². The van der Waals surface area contributed by atoms with E-state index in [9.17, 15) is 4.79 Å². The lowest BCUT2D eigenvalue weighted by Gasteiger charge is -2.31. The van der Waals surface area contributed by atoms with E-state index in [0.29, 0.717) is 12.5 Å². The second-order valence-corrected chi connectivity index (χ2v) is 9.41. The van der Waals surface area contributed by atoms with Crippen LogP contribution in [0.4, 0.5) is 0 Å². The topological polar surface area (TPSA) is 50.6 Å². The monoisotopic (exact) mass is 458 g/mol. The number of carbonyl (C=O) groups excluding carboxylic acids is 1. The molecule has 0 saturated heterocycles. The molecule has 0 bridgehead atoms. The van der Waals surface area contributed by atoms with Crippen LogP contribution in [0.5, 0.6) is 5.75 Å². The Labute approximate surface area is 202 Å². The molecule has 1 aliphatic heterocycles. The van der Waals surface area contributed by atoms with Crippen LogP contribution in [0.25, 0.3) is 5.69 Å². The molecule has 1 fully saturated rings. The fraction of sp³-hybridized carbons (Fsp3) is 0.429. The van der Waals surface area contributed by atoms with E-state index < -0.39 is 0 Å². The van der Waals surface area contributed by atoms with Crippen molar-refractivity contribution in [2.45, 2.75) is 52.2 Å². The molecule has 0 atom stereocenters. The average molecular weight is 459 g/mol. The van der Waals surface area contributed by atoms with Crippen LogP contribution in [0.3, 0.4) is 0 Å². The van der Waals surface area contributed by atoms with Crippen molar-refractivity contribution < 1.29 is 9.53 Å². The van der Waals surface area contributed by atoms with E-state index in [4.69, 9.17) is 9.84 Å². The predicted molar refractivity (Wildman–Crippen MR) is 133 cm³/mol. The Balaban J connectivity index is 1.42. The summed E-state index contributed by atoms with van der Waals surface area (Å²) in [5, 5.41) is 5.08. The van der Waals surface area contributed by atoms with Gasteiger partial charge < -0.3 is 9.64 Å². The zero-order valence-corrected chi connectivity index (χ0v) is 20.2. The number of amides is 1. The van der Waals surface area contributed by atoms with Gasteiger partial charge in [0.15, 0.2) is 0 Å². The number of para-hydroxylation sites is 1. The maximum Gasteiger partial charge on any atom is 0.226 e. The minimum atomic E-state index is 0.207. The van der Waals surface area contributed by atoms with Gasteiger partial charge in [-0.25, -0.2) is 4.68 Å². The van der Waals surface area contributed by atoms with Crippen LogP contribution in [0.15, 0.2) is 54.6 Å². The number of rotatable bonds is 8. The van der Waals surface area contributed by atoms with Gasteiger partial charge in [-0.15, -0.1) is 0 Å². The minimum absolute atomic E-state index is 0.207. The molecule has 2 aliphatic rings. The first-order chi connectivity index (χ1) is 16.7. The Kier molecular flexibility index (Phi) is 6.68. The van der Waals surface area contributed by atoms with Crippen molar-refractivity contribution in [3.8, 4) is 11.4 Å². The Bertz CT molecular complexity index is 1120. The van der Waals surface area contributed by atoms with E-state index in [2.05, 4.69) is 52.9 Å². The van der Waals surface area contributed by atoms with E-state index in [0.717, 1.165) is 62.6 Å². The first kappa shape index (κ1) is 22.7. The van der Waals surface area contributed by atoms with E-state index >= 15 is 0 Å². The van der Waals surface area contributed by atoms with Gasteiger partial charge in [-0.05, 0) is 49.6 Å². The van der Waals surface area contributed by atoms with Crippen LogP contribution in [0, 0.1) is 5.92 Å². The van der Waals surface area contributed by atoms with E-state index in [1.165, 1.54) is 23.2 Å². The van der Waals surface area contributed by atoms with Crippen LogP contribution < -0.4 is 4.74 Å². The van der Waals surface area contributed by atoms with Gasteiger partial charge in [-0.1, -0.05) is 36.8 Å². The molecule has 1 amide bonds. The lowest BCUT2D eigenvalue weighted by atomic mass is 9.84. The largest absolute Gasteiger partial charge is 0.497 e. The number of methoxy groups -OCH3 is 1. The second-order valence-electron chi connectivity index (χ2n) is 9.41. The SMILES string of the molecule is CCN(Cc1nn(-c2ccccc2)c2c1CN(Cc1ccc(OC)cc1)CC2)C(=O)C1CCC1. The van der Waals surface area contributed by atoms with Gasteiger partial charge in [0.05, 0.1) is 30.7 Å². The fourth-order valence-electron chi connectivity index (χ4n) is 5.02. The zero-order valence-electron chi connectivity index (χ0n) is 20.2. The van der Waals surface area contributed by atoms with Crippen molar-refractivity contribution in [1.82, 2.24) is 19.6 Å². The van der Waals surface area contributed by atoms with E-state index in [1.54, 1.807) is 7.11 Å². The van der Waals surface area contributed by atoms with Gasteiger partial charge in [0.25, 0.3) is 0 Å². The molecule has 3 aromatic rings. The standard InChI is InChI=1S/C28H34N4O2/c1-3-31(28(33)22-8-7-9-22)20-26-25-19-30(18-21-12-14-24(34-2)15-13-21)17-16-27(25)32(29-26)23-10-5-4-6-11-23/h4-6,10-15,22H,3,7-9,16-20H2,1-2H3. The molecule has 6 nitrogen and oxygen atoms in total. The number of ether oxygens (including phenoxy) is 1. The lowest BCUT2D eigenvalue weighted by Crippen LogP contribution is -2.39. The summed E-state index contributed by atoms with van der Waals surface area (Å²) >= 11 is 0. The predicted octanol–water partition coefficient (Wildman–Crippen LogP) is 4.59. The Hall–Kier alpha value is -3.12. The number of hydrogen-bond acceptors (Lipinski definition) is 4. The minimum Gasteiger partial charge on any atom is -0.497 e. The summed E-state index contributed by atoms with van der Waals surface area (Å²) in [7, 11) is 1.70. The third kappa shape index (κ3) is 4.60. The summed E-state index contributed by atoms with van der Waals surface area (Å²) in [6.45, 7) is 6.10. The average Bonchev–Trinajstić information content (AvgIpc) is 3.20. The maximum absolute atomic E-state index is 13.0. The van der Waals surface area contributed by atoms with Crippen LogP contribution in [-0.2, 0) is 30.8 Å². The molecule has 0 radical (unpaired) electrons. The number of aromatic nitrogens is 2. The summed E-state index contributed by atoms with van der Waals surface area (Å²) in [6, 6.07) is 18.7. The third-order valence-corrected chi connectivity index (χ3v) is 7.27. The van der Waals surface area contributed by atoms with Crippen molar-refractivity contribution in [1.29, 1.82) is 0 Å². The van der Waals surface area contributed by atoms with E-state index in [-0.39, 0.29) is 5.92 Å². The van der Waals surface area contributed by atoms with Gasteiger partial charge in [0, 0.05) is 44.1 Å². The third-order valence-electron chi connectivity index (χ3n) is 7.27. The lowest BCUT2D eigenvalue weighted by molar-refractivity contribution is -0.138. The molecular weight excluding hydrogens is 424 g/mol. The Morgan fingerprint density at radius 3 is 2.53 bits per heavy atom. The molecule has 178 valence electrons.